The first-order valence-corrected chi connectivity index (χ1v) is 10.1. The van der Waals surface area contributed by atoms with Gasteiger partial charge in [0.1, 0.15) is 14.1 Å². The molecule has 3 rings (SSSR count). The van der Waals surface area contributed by atoms with Gasteiger partial charge in [0.2, 0.25) is 0 Å². The van der Waals surface area contributed by atoms with E-state index in [4.69, 9.17) is 0 Å². The molecule has 4 heteroatoms. The van der Waals surface area contributed by atoms with Gasteiger partial charge in [-0.3, -0.25) is 0 Å². The molecule has 0 heterocycles. The lowest BCUT2D eigenvalue weighted by Crippen LogP contribution is -2.10. The van der Waals surface area contributed by atoms with Gasteiger partial charge in [-0.25, -0.2) is 4.58 Å². The number of nitrogens with one attached hydrogen (secondary N) is 1. The van der Waals surface area contributed by atoms with E-state index in [0.717, 1.165) is 10.2 Å². The molecule has 0 aliphatic heterocycles. The Bertz CT molecular complexity index is 971. The quantitative estimate of drug-likeness (QED) is 0.663. The van der Waals surface area contributed by atoms with Crippen molar-refractivity contribution in [3.8, 4) is 0 Å². The number of hydrogen-bond acceptors (Lipinski definition) is 2. The second-order valence-electron chi connectivity index (χ2n) is 7.20. The van der Waals surface area contributed by atoms with Crippen LogP contribution in [0, 0.1) is 0 Å². The molecule has 2 aromatic carbocycles. The van der Waals surface area contributed by atoms with Gasteiger partial charge >= 0.3 is 0 Å². The Labute approximate surface area is 176 Å². The van der Waals surface area contributed by atoms with E-state index in [1.807, 2.05) is 7.05 Å². The van der Waals surface area contributed by atoms with Gasteiger partial charge in [0.15, 0.2) is 5.71 Å². The molecule has 0 atom stereocenters. The largest absolute Gasteiger partial charge is 0.387 e. The summed E-state index contributed by atoms with van der Waals surface area (Å²) in [5, 5.41) is 3.21. The summed E-state index contributed by atoms with van der Waals surface area (Å²) in [5.41, 5.74) is 8.27. The van der Waals surface area contributed by atoms with E-state index in [-0.39, 0.29) is 0 Å². The van der Waals surface area contributed by atoms with Crippen LogP contribution in [0.1, 0.15) is 11.1 Å². The molecule has 2 aromatic rings. The Balaban J connectivity index is 2.16. The van der Waals surface area contributed by atoms with Gasteiger partial charge in [-0.2, -0.15) is 0 Å². The summed E-state index contributed by atoms with van der Waals surface area (Å²) in [7, 11) is 10.2. The second kappa shape index (κ2) is 8.61. The molecule has 0 unspecified atom stereocenters. The number of benzene rings is 2. The first kappa shape index (κ1) is 20.2. The maximum absolute atomic E-state index is 3.69. The molecule has 1 N–H and O–H groups in total. The lowest BCUT2D eigenvalue weighted by atomic mass is 9.90. The minimum absolute atomic E-state index is 1.06. The Hall–Kier alpha value is -2.59. The molecule has 0 saturated carbocycles. The van der Waals surface area contributed by atoms with E-state index in [9.17, 15) is 0 Å². The fourth-order valence-electron chi connectivity index (χ4n) is 3.23. The first-order chi connectivity index (χ1) is 13.4. The highest BCUT2D eigenvalue weighted by Gasteiger charge is 2.14. The molecule has 1 aliphatic rings. The number of nitrogens with zero attached hydrogens (tertiary/aromatic N) is 2. The van der Waals surface area contributed by atoms with Crippen LogP contribution in [0.4, 0.5) is 11.4 Å². The van der Waals surface area contributed by atoms with Gasteiger partial charge in [0, 0.05) is 49.1 Å². The van der Waals surface area contributed by atoms with Crippen LogP contribution in [0.25, 0.3) is 5.57 Å². The van der Waals surface area contributed by atoms with E-state index in [0.29, 0.717) is 0 Å². The van der Waals surface area contributed by atoms with Crippen LogP contribution in [-0.4, -0.2) is 45.5 Å². The van der Waals surface area contributed by atoms with Gasteiger partial charge in [0.25, 0.3) is 0 Å². The predicted molar refractivity (Wildman–Crippen MR) is 126 cm³/mol. The van der Waals surface area contributed by atoms with E-state index in [2.05, 4.69) is 126 Å². The average molecular weight is 437 g/mol. The summed E-state index contributed by atoms with van der Waals surface area (Å²) in [6.07, 6.45) is 8.73. The number of allylic oxidation sites excluding steroid dienone is 5. The number of anilines is 2. The van der Waals surface area contributed by atoms with Crippen molar-refractivity contribution < 1.29 is 4.58 Å². The summed E-state index contributed by atoms with van der Waals surface area (Å²) in [6, 6.07) is 15.2. The lowest BCUT2D eigenvalue weighted by molar-refractivity contribution is -0.462. The fraction of sp³-hybridized carbons (Fsp3) is 0.208. The number of hydrogen-bond donors (Lipinski definition) is 1. The van der Waals surface area contributed by atoms with Crippen LogP contribution in [0.15, 0.2) is 76.8 Å². The van der Waals surface area contributed by atoms with Gasteiger partial charge < -0.3 is 10.2 Å². The third kappa shape index (κ3) is 4.28. The standard InChI is InChI=1S/C24H26BrN3/c1-26-23-15-10-19(16-22(23)25)24(17-6-11-20(12-7-17)27(2)3)18-8-13-21(14-9-18)28(4)5/h6-16H,1-5H3/p+1. The van der Waals surface area contributed by atoms with Crippen LogP contribution in [0.5, 0.6) is 0 Å². The monoisotopic (exact) mass is 436 g/mol. The highest BCUT2D eigenvalue weighted by molar-refractivity contribution is 9.10. The van der Waals surface area contributed by atoms with Crippen LogP contribution < -0.4 is 10.2 Å². The van der Waals surface area contributed by atoms with Gasteiger partial charge in [0.05, 0.1) is 0 Å². The van der Waals surface area contributed by atoms with Crippen molar-refractivity contribution in [2.24, 2.45) is 0 Å². The van der Waals surface area contributed by atoms with Crippen LogP contribution in [0.3, 0.4) is 0 Å². The number of rotatable bonds is 4. The maximum Gasteiger partial charge on any atom is 0.199 e. The predicted octanol–water partition coefficient (Wildman–Crippen LogP) is 5.20. The van der Waals surface area contributed by atoms with E-state index >= 15 is 0 Å². The highest BCUT2D eigenvalue weighted by atomic mass is 79.9. The maximum atomic E-state index is 3.69. The van der Waals surface area contributed by atoms with Crippen LogP contribution >= 0.6 is 15.9 Å². The zero-order chi connectivity index (χ0) is 20.3. The molecule has 0 aromatic heterocycles. The molecule has 1 aliphatic carbocycles. The minimum atomic E-state index is 1.06. The third-order valence-electron chi connectivity index (χ3n) is 4.87. The first-order valence-electron chi connectivity index (χ1n) is 9.31. The smallest absolute Gasteiger partial charge is 0.199 e. The summed E-state index contributed by atoms with van der Waals surface area (Å²) in [6.45, 7) is 0. The SMILES string of the molecule is CNc1ccc(C(=C2C=CC(=[N+](C)C)C=C2)c2ccc(N(C)C)cc2)cc1Br. The van der Waals surface area contributed by atoms with Gasteiger partial charge in [-0.05, 0) is 74.6 Å². The summed E-state index contributed by atoms with van der Waals surface area (Å²) in [5.74, 6) is 0. The Morgan fingerprint density at radius 3 is 2.00 bits per heavy atom. The average Bonchev–Trinajstić information content (AvgIpc) is 2.69. The van der Waals surface area contributed by atoms with Crippen molar-refractivity contribution in [2.75, 3.05) is 45.5 Å². The van der Waals surface area contributed by atoms with E-state index in [1.54, 1.807) is 0 Å². The molecule has 0 radical (unpaired) electrons. The molecule has 0 bridgehead atoms. The Morgan fingerprint density at radius 1 is 0.893 bits per heavy atom. The van der Waals surface area contributed by atoms with Crippen molar-refractivity contribution >= 4 is 38.6 Å². The normalized spacial score (nSPS) is 12.9. The lowest BCUT2D eigenvalue weighted by Gasteiger charge is -2.17. The molecule has 144 valence electrons. The van der Waals surface area contributed by atoms with Crippen LogP contribution in [-0.2, 0) is 0 Å². The fourth-order valence-corrected chi connectivity index (χ4v) is 3.80. The van der Waals surface area contributed by atoms with Crippen LogP contribution in [0.2, 0.25) is 0 Å². The molecule has 0 fully saturated rings. The molecule has 3 nitrogen and oxygen atoms in total. The number of halogens is 1. The third-order valence-corrected chi connectivity index (χ3v) is 5.53. The summed E-state index contributed by atoms with van der Waals surface area (Å²) in [4.78, 5) is 2.12. The Kier molecular flexibility index (Phi) is 6.20. The summed E-state index contributed by atoms with van der Waals surface area (Å²) < 4.78 is 3.17. The van der Waals surface area contributed by atoms with Crippen molar-refractivity contribution in [1.82, 2.24) is 0 Å². The van der Waals surface area contributed by atoms with Crippen molar-refractivity contribution in [2.45, 2.75) is 0 Å². The highest BCUT2D eigenvalue weighted by Crippen LogP contribution is 2.34. The van der Waals surface area contributed by atoms with Gasteiger partial charge in [-0.1, -0.05) is 18.2 Å². The topological polar surface area (TPSA) is 18.3 Å². The zero-order valence-electron chi connectivity index (χ0n) is 17.1. The molecule has 28 heavy (non-hydrogen) atoms. The molecule has 0 spiro atoms. The Morgan fingerprint density at radius 2 is 1.50 bits per heavy atom. The molecular formula is C24H27BrN3+. The molecular weight excluding hydrogens is 410 g/mol. The zero-order valence-corrected chi connectivity index (χ0v) is 18.7. The molecule has 0 amide bonds. The van der Waals surface area contributed by atoms with Gasteiger partial charge in [-0.15, -0.1) is 0 Å². The van der Waals surface area contributed by atoms with Crippen molar-refractivity contribution in [3.05, 3.63) is 87.9 Å². The minimum Gasteiger partial charge on any atom is -0.387 e. The van der Waals surface area contributed by atoms with E-state index in [1.165, 1.54) is 33.7 Å². The van der Waals surface area contributed by atoms with Crippen molar-refractivity contribution in [3.63, 3.8) is 0 Å². The van der Waals surface area contributed by atoms with E-state index < -0.39 is 0 Å². The van der Waals surface area contributed by atoms with Crippen molar-refractivity contribution in [1.29, 1.82) is 0 Å². The molecule has 0 saturated heterocycles. The summed E-state index contributed by atoms with van der Waals surface area (Å²) >= 11 is 3.69. The second-order valence-corrected chi connectivity index (χ2v) is 8.06.